The van der Waals surface area contributed by atoms with E-state index in [1.165, 1.54) is 11.3 Å². The van der Waals surface area contributed by atoms with E-state index in [9.17, 15) is 14.4 Å². The Labute approximate surface area is 212 Å². The average molecular weight is 509 g/mol. The van der Waals surface area contributed by atoms with Crippen molar-refractivity contribution in [2.24, 2.45) is 0 Å². The first kappa shape index (κ1) is 23.9. The zero-order chi connectivity index (χ0) is 25.4. The molecule has 36 heavy (non-hydrogen) atoms. The number of thiophene rings is 1. The third-order valence-corrected chi connectivity index (χ3v) is 7.06. The summed E-state index contributed by atoms with van der Waals surface area (Å²) in [7, 11) is 5.86. The molecule has 0 radical (unpaired) electrons. The number of carbonyl (C=O) groups is 3. The number of imide groups is 1. The van der Waals surface area contributed by atoms with Crippen molar-refractivity contribution in [3.05, 3.63) is 40.5 Å². The molecule has 3 N–H and O–H groups in total. The molecule has 2 aliphatic rings. The van der Waals surface area contributed by atoms with Crippen molar-refractivity contribution in [2.75, 3.05) is 39.5 Å². The van der Waals surface area contributed by atoms with Crippen LogP contribution in [0.4, 0.5) is 10.6 Å². The van der Waals surface area contributed by atoms with Gasteiger partial charge in [0.1, 0.15) is 11.5 Å². The fourth-order valence-electron chi connectivity index (χ4n) is 3.89. The Morgan fingerprint density at radius 3 is 2.72 bits per heavy atom. The zero-order valence-electron chi connectivity index (χ0n) is 20.4. The highest BCUT2D eigenvalue weighted by atomic mass is 32.1. The van der Waals surface area contributed by atoms with Crippen molar-refractivity contribution >= 4 is 46.7 Å². The van der Waals surface area contributed by atoms with Crippen molar-refractivity contribution in [3.8, 4) is 10.6 Å². The van der Waals surface area contributed by atoms with Crippen LogP contribution in [0.1, 0.15) is 34.5 Å². The second kappa shape index (κ2) is 9.70. The molecular formula is C24H28N8O3S. The molecule has 1 aliphatic carbocycles. The summed E-state index contributed by atoms with van der Waals surface area (Å²) in [5, 5.41) is 12.6. The van der Waals surface area contributed by atoms with Gasteiger partial charge in [-0.15, -0.1) is 11.3 Å². The Balaban J connectivity index is 1.46. The second-order valence-corrected chi connectivity index (χ2v) is 10.4. The van der Waals surface area contributed by atoms with Gasteiger partial charge in [0.05, 0.1) is 21.6 Å². The first-order valence-electron chi connectivity index (χ1n) is 11.8. The van der Waals surface area contributed by atoms with Crippen LogP contribution in [-0.2, 0) is 4.79 Å². The Morgan fingerprint density at radius 1 is 1.22 bits per heavy atom. The zero-order valence-corrected chi connectivity index (χ0v) is 21.2. The van der Waals surface area contributed by atoms with Gasteiger partial charge < -0.3 is 20.4 Å². The van der Waals surface area contributed by atoms with Crippen LogP contribution in [0.3, 0.4) is 0 Å². The highest BCUT2D eigenvalue weighted by molar-refractivity contribution is 7.17. The van der Waals surface area contributed by atoms with E-state index in [0.29, 0.717) is 34.4 Å². The van der Waals surface area contributed by atoms with Crippen LogP contribution in [-0.4, -0.2) is 82.5 Å². The predicted molar refractivity (Wildman–Crippen MR) is 138 cm³/mol. The van der Waals surface area contributed by atoms with Crippen LogP contribution in [0.15, 0.2) is 30.1 Å². The maximum Gasteiger partial charge on any atom is 0.326 e. The number of aromatic nitrogens is 3. The van der Waals surface area contributed by atoms with Crippen LogP contribution >= 0.6 is 11.3 Å². The number of anilines is 1. The molecule has 0 unspecified atom stereocenters. The lowest BCUT2D eigenvalue weighted by atomic mass is 10.2. The minimum atomic E-state index is -0.560. The van der Waals surface area contributed by atoms with Crippen molar-refractivity contribution in [1.82, 2.24) is 35.0 Å². The Morgan fingerprint density at radius 2 is 2.03 bits per heavy atom. The average Bonchev–Trinajstić information content (AvgIpc) is 3.22. The van der Waals surface area contributed by atoms with Crippen LogP contribution in [0.2, 0.25) is 0 Å². The van der Waals surface area contributed by atoms with Crippen LogP contribution in [0, 0.1) is 0 Å². The van der Waals surface area contributed by atoms with Crippen LogP contribution in [0.25, 0.3) is 22.3 Å². The van der Waals surface area contributed by atoms with E-state index in [2.05, 4.69) is 25.9 Å². The van der Waals surface area contributed by atoms with Gasteiger partial charge in [-0.25, -0.2) is 9.78 Å². The van der Waals surface area contributed by atoms with E-state index in [0.717, 1.165) is 36.5 Å². The summed E-state index contributed by atoms with van der Waals surface area (Å²) in [6.07, 6.45) is 6.25. The smallest absolute Gasteiger partial charge is 0.326 e. The number of amides is 4. The van der Waals surface area contributed by atoms with Crippen molar-refractivity contribution in [3.63, 3.8) is 0 Å². The number of rotatable bonds is 9. The first-order valence-corrected chi connectivity index (χ1v) is 12.6. The summed E-state index contributed by atoms with van der Waals surface area (Å²) in [6, 6.07) is 5.49. The molecule has 0 aromatic carbocycles. The molecule has 2 fully saturated rings. The normalized spacial score (nSPS) is 16.6. The molecule has 4 heterocycles. The summed E-state index contributed by atoms with van der Waals surface area (Å²) in [5.74, 6) is 0.271. The maximum atomic E-state index is 13.0. The predicted octanol–water partition coefficient (Wildman–Crippen LogP) is 2.24. The van der Waals surface area contributed by atoms with Gasteiger partial charge in [-0.05, 0) is 58.1 Å². The number of hydrogen-bond donors (Lipinski definition) is 3. The largest absolute Gasteiger partial charge is 0.367 e. The third kappa shape index (κ3) is 5.09. The summed E-state index contributed by atoms with van der Waals surface area (Å²) < 4.78 is 1.70. The van der Waals surface area contributed by atoms with E-state index in [1.54, 1.807) is 21.7 Å². The summed E-state index contributed by atoms with van der Waals surface area (Å²) in [4.78, 5) is 46.7. The number of hydrogen-bond acceptors (Lipinski definition) is 8. The molecule has 188 valence electrons. The lowest BCUT2D eigenvalue weighted by Gasteiger charge is -2.17. The van der Waals surface area contributed by atoms with Crippen LogP contribution in [0.5, 0.6) is 0 Å². The summed E-state index contributed by atoms with van der Waals surface area (Å²) in [5.41, 5.74) is 1.97. The molecule has 1 saturated heterocycles. The fourth-order valence-corrected chi connectivity index (χ4v) is 4.85. The number of carbonyl (C=O) groups excluding carboxylic acids is 3. The van der Waals surface area contributed by atoms with E-state index in [1.807, 2.05) is 39.3 Å². The molecule has 12 heteroatoms. The van der Waals surface area contributed by atoms with E-state index >= 15 is 0 Å². The van der Waals surface area contributed by atoms with Gasteiger partial charge >= 0.3 is 6.03 Å². The van der Waals surface area contributed by atoms with Crippen molar-refractivity contribution in [2.45, 2.75) is 25.3 Å². The number of nitrogens with zero attached hydrogens (tertiary/aromatic N) is 5. The van der Waals surface area contributed by atoms with Gasteiger partial charge in [-0.2, -0.15) is 9.61 Å². The standard InChI is InChI=1S/C24H28N8O3S/c1-30(2)9-4-10-31(3)23(34)19-8-7-18(36-19)16-12-20(26-15-5-6-15)32-21(27-16)14(13-25-32)11-17-22(33)29-24(35)28-17/h7-8,11-13,15,26H,4-6,9-10H2,1-3H3,(H2,28,29,33,35)/b17-11-. The highest BCUT2D eigenvalue weighted by Crippen LogP contribution is 2.32. The molecule has 0 bridgehead atoms. The first-order chi connectivity index (χ1) is 17.3. The quantitative estimate of drug-likeness (QED) is 0.299. The van der Waals surface area contributed by atoms with Gasteiger partial charge in [0, 0.05) is 31.3 Å². The lowest BCUT2D eigenvalue weighted by molar-refractivity contribution is -0.115. The molecule has 3 aromatic heterocycles. The molecule has 1 aliphatic heterocycles. The maximum absolute atomic E-state index is 13.0. The van der Waals surface area contributed by atoms with Gasteiger partial charge in [0.15, 0.2) is 5.65 Å². The van der Waals surface area contributed by atoms with Gasteiger partial charge in [-0.1, -0.05) is 0 Å². The molecule has 0 spiro atoms. The monoisotopic (exact) mass is 508 g/mol. The molecule has 11 nitrogen and oxygen atoms in total. The van der Waals surface area contributed by atoms with E-state index in [4.69, 9.17) is 4.98 Å². The number of urea groups is 1. The lowest BCUT2D eigenvalue weighted by Crippen LogP contribution is -2.29. The Kier molecular flexibility index (Phi) is 6.46. The molecule has 4 amide bonds. The Bertz CT molecular complexity index is 1370. The summed E-state index contributed by atoms with van der Waals surface area (Å²) >= 11 is 1.40. The number of nitrogens with one attached hydrogen (secondary N) is 3. The molecule has 3 aromatic rings. The summed E-state index contributed by atoms with van der Waals surface area (Å²) in [6.45, 7) is 1.60. The number of fused-ring (bicyclic) bond motifs is 1. The van der Waals surface area contributed by atoms with Crippen molar-refractivity contribution < 1.29 is 14.4 Å². The molecular weight excluding hydrogens is 480 g/mol. The minimum Gasteiger partial charge on any atom is -0.367 e. The molecule has 0 atom stereocenters. The van der Waals surface area contributed by atoms with E-state index in [-0.39, 0.29) is 11.6 Å². The third-order valence-electron chi connectivity index (χ3n) is 5.96. The van der Waals surface area contributed by atoms with Gasteiger partial charge in [0.25, 0.3) is 11.8 Å². The van der Waals surface area contributed by atoms with E-state index < -0.39 is 11.9 Å². The minimum absolute atomic E-state index is 0.0137. The Hall–Kier alpha value is -3.77. The second-order valence-electron chi connectivity index (χ2n) is 9.29. The van der Waals surface area contributed by atoms with Crippen LogP contribution < -0.4 is 16.0 Å². The SMILES string of the molecule is CN(C)CCCN(C)C(=O)c1ccc(-c2cc(NC3CC3)n3ncc(/C=C4\NC(=O)NC4=O)c3n2)s1. The fraction of sp³-hybridized carbons (Fsp3) is 0.375. The van der Waals surface area contributed by atoms with Crippen molar-refractivity contribution in [1.29, 1.82) is 0 Å². The molecule has 1 saturated carbocycles. The molecule has 5 rings (SSSR count). The van der Waals surface area contributed by atoms with Gasteiger partial charge in [-0.3, -0.25) is 14.9 Å². The topological polar surface area (TPSA) is 124 Å². The van der Waals surface area contributed by atoms with Gasteiger partial charge in [0.2, 0.25) is 0 Å². The highest BCUT2D eigenvalue weighted by Gasteiger charge is 2.26.